The van der Waals surface area contributed by atoms with Gasteiger partial charge in [-0.2, -0.15) is 0 Å². The van der Waals surface area contributed by atoms with Crippen LogP contribution in [0.4, 0.5) is 0 Å². The molecule has 0 aliphatic carbocycles. The third kappa shape index (κ3) is 5.96. The highest BCUT2D eigenvalue weighted by molar-refractivity contribution is 5.98. The Morgan fingerprint density at radius 2 is 1.40 bits per heavy atom. The van der Waals surface area contributed by atoms with E-state index in [1.807, 2.05) is 73.7 Å². The van der Waals surface area contributed by atoms with Gasteiger partial charge < -0.3 is 16.2 Å². The van der Waals surface area contributed by atoms with E-state index in [0.717, 1.165) is 22.3 Å². The molecule has 0 spiro atoms. The van der Waals surface area contributed by atoms with Crippen LogP contribution in [0.15, 0.2) is 78.9 Å². The fourth-order valence-electron chi connectivity index (χ4n) is 4.41. The molecule has 0 saturated heterocycles. The van der Waals surface area contributed by atoms with E-state index in [-0.39, 0.29) is 12.8 Å². The first-order valence-electron chi connectivity index (χ1n) is 11.6. The van der Waals surface area contributed by atoms with Crippen molar-refractivity contribution in [2.45, 2.75) is 45.6 Å². The zero-order chi connectivity index (χ0) is 25.6. The number of primary amides is 1. The Kier molecular flexibility index (Phi) is 7.75. The predicted molar refractivity (Wildman–Crippen MR) is 137 cm³/mol. The van der Waals surface area contributed by atoms with Gasteiger partial charge in [0.2, 0.25) is 5.91 Å². The topological polar surface area (TPSA) is 109 Å². The Morgan fingerprint density at radius 3 is 1.91 bits per heavy atom. The highest BCUT2D eigenvalue weighted by Gasteiger charge is 2.52. The second kappa shape index (κ2) is 10.6. The van der Waals surface area contributed by atoms with Crippen LogP contribution in [0.25, 0.3) is 11.1 Å². The smallest absolute Gasteiger partial charge is 0.330 e. The average molecular weight is 473 g/mol. The van der Waals surface area contributed by atoms with Crippen molar-refractivity contribution >= 4 is 17.8 Å². The number of carboxylic acid groups (broad SMARTS) is 1. The standard InChI is InChI=1S/C29H32N2O4/c1-20-9-11-22(12-10-20)23-13-15-24(16-14-23)26(33)31-29(27(34)35,18-17-25(30)32)28(2,3)19-21-7-5-4-6-8-21/h4-16H,17-19H2,1-3H3,(H2,30,32)(H,31,33)(H,34,35)/t29-/m0/s1. The van der Waals surface area contributed by atoms with E-state index in [0.29, 0.717) is 12.0 Å². The minimum absolute atomic E-state index is 0.120. The molecular weight excluding hydrogens is 440 g/mol. The van der Waals surface area contributed by atoms with Gasteiger partial charge in [0.15, 0.2) is 0 Å². The molecule has 35 heavy (non-hydrogen) atoms. The van der Waals surface area contributed by atoms with Gasteiger partial charge in [-0.05, 0) is 48.6 Å². The molecule has 0 radical (unpaired) electrons. The molecule has 1 atom stereocenters. The number of benzene rings is 3. The summed E-state index contributed by atoms with van der Waals surface area (Å²) in [6, 6.07) is 24.5. The van der Waals surface area contributed by atoms with Gasteiger partial charge in [-0.3, -0.25) is 9.59 Å². The van der Waals surface area contributed by atoms with Crippen molar-refractivity contribution in [1.29, 1.82) is 0 Å². The maximum Gasteiger partial charge on any atom is 0.330 e. The lowest BCUT2D eigenvalue weighted by Gasteiger charge is -2.44. The van der Waals surface area contributed by atoms with Gasteiger partial charge in [0.05, 0.1) is 0 Å². The molecule has 3 aromatic carbocycles. The minimum atomic E-state index is -1.72. The molecule has 0 aromatic heterocycles. The monoisotopic (exact) mass is 472 g/mol. The van der Waals surface area contributed by atoms with E-state index in [2.05, 4.69) is 5.32 Å². The molecule has 0 heterocycles. The Morgan fingerprint density at radius 1 is 0.857 bits per heavy atom. The lowest BCUT2D eigenvalue weighted by molar-refractivity contribution is -0.150. The number of amides is 2. The molecule has 0 bridgehead atoms. The van der Waals surface area contributed by atoms with Crippen LogP contribution in [-0.2, 0) is 16.0 Å². The predicted octanol–water partition coefficient (Wildman–Crippen LogP) is 4.75. The second-order valence-electron chi connectivity index (χ2n) is 9.62. The van der Waals surface area contributed by atoms with Crippen molar-refractivity contribution in [2.75, 3.05) is 0 Å². The lowest BCUT2D eigenvalue weighted by Crippen LogP contribution is -2.64. The molecule has 4 N–H and O–H groups in total. The number of carbonyl (C=O) groups excluding carboxylic acids is 2. The van der Waals surface area contributed by atoms with Crippen LogP contribution >= 0.6 is 0 Å². The van der Waals surface area contributed by atoms with Gasteiger partial charge >= 0.3 is 5.97 Å². The fraction of sp³-hybridized carbons (Fsp3) is 0.276. The van der Waals surface area contributed by atoms with Gasteiger partial charge in [-0.15, -0.1) is 0 Å². The first-order valence-corrected chi connectivity index (χ1v) is 11.6. The van der Waals surface area contributed by atoms with Crippen molar-refractivity contribution in [1.82, 2.24) is 5.32 Å². The van der Waals surface area contributed by atoms with Crippen LogP contribution in [0.3, 0.4) is 0 Å². The number of nitrogens with one attached hydrogen (secondary N) is 1. The first-order chi connectivity index (χ1) is 16.5. The van der Waals surface area contributed by atoms with Gasteiger partial charge in [0.1, 0.15) is 5.54 Å². The molecule has 6 heteroatoms. The summed E-state index contributed by atoms with van der Waals surface area (Å²) in [4.78, 5) is 37.7. The minimum Gasteiger partial charge on any atom is -0.479 e. The number of rotatable bonds is 10. The Labute approximate surface area is 206 Å². The largest absolute Gasteiger partial charge is 0.479 e. The highest BCUT2D eigenvalue weighted by Crippen LogP contribution is 2.39. The van der Waals surface area contributed by atoms with Crippen molar-refractivity contribution in [3.63, 3.8) is 0 Å². The third-order valence-corrected chi connectivity index (χ3v) is 6.61. The summed E-state index contributed by atoms with van der Waals surface area (Å²) in [7, 11) is 0. The van der Waals surface area contributed by atoms with Crippen LogP contribution in [0.2, 0.25) is 0 Å². The number of carbonyl (C=O) groups is 3. The number of hydrogen-bond acceptors (Lipinski definition) is 3. The molecule has 0 aliphatic heterocycles. The van der Waals surface area contributed by atoms with Gasteiger partial charge in [0.25, 0.3) is 5.91 Å². The van der Waals surface area contributed by atoms with Crippen LogP contribution in [0, 0.1) is 12.3 Å². The highest BCUT2D eigenvalue weighted by atomic mass is 16.4. The molecule has 0 fully saturated rings. The summed E-state index contributed by atoms with van der Waals surface area (Å²) in [6.45, 7) is 5.59. The van der Waals surface area contributed by atoms with Crippen molar-refractivity contribution in [3.05, 3.63) is 95.6 Å². The second-order valence-corrected chi connectivity index (χ2v) is 9.62. The SMILES string of the molecule is Cc1ccc(-c2ccc(C(=O)N[C@@](CCC(N)=O)(C(=O)O)C(C)(C)Cc3ccccc3)cc2)cc1. The molecule has 0 aliphatic rings. The Bertz CT molecular complexity index is 1190. The summed E-state index contributed by atoms with van der Waals surface area (Å²) in [5, 5.41) is 13.2. The van der Waals surface area contributed by atoms with Crippen molar-refractivity contribution < 1.29 is 19.5 Å². The van der Waals surface area contributed by atoms with Gasteiger partial charge in [-0.25, -0.2) is 4.79 Å². The summed E-state index contributed by atoms with van der Waals surface area (Å²) in [5.41, 5.74) is 7.11. The van der Waals surface area contributed by atoms with Crippen LogP contribution in [0.1, 0.15) is 48.2 Å². The van der Waals surface area contributed by atoms with E-state index < -0.39 is 28.7 Å². The quantitative estimate of drug-likeness (QED) is 0.395. The molecule has 2 amide bonds. The summed E-state index contributed by atoms with van der Waals surface area (Å²) in [5.74, 6) is -2.35. The molecule has 3 rings (SSSR count). The average Bonchev–Trinajstić information content (AvgIpc) is 2.82. The maximum absolute atomic E-state index is 13.3. The zero-order valence-corrected chi connectivity index (χ0v) is 20.4. The van der Waals surface area contributed by atoms with E-state index in [9.17, 15) is 19.5 Å². The summed E-state index contributed by atoms with van der Waals surface area (Å²) < 4.78 is 0. The van der Waals surface area contributed by atoms with Crippen molar-refractivity contribution in [3.8, 4) is 11.1 Å². The Balaban J connectivity index is 1.92. The van der Waals surface area contributed by atoms with Crippen LogP contribution in [-0.4, -0.2) is 28.4 Å². The number of carboxylic acids is 1. The van der Waals surface area contributed by atoms with E-state index >= 15 is 0 Å². The zero-order valence-electron chi connectivity index (χ0n) is 20.4. The van der Waals surface area contributed by atoms with Crippen LogP contribution in [0.5, 0.6) is 0 Å². The van der Waals surface area contributed by atoms with Crippen LogP contribution < -0.4 is 11.1 Å². The lowest BCUT2D eigenvalue weighted by atomic mass is 9.66. The number of aryl methyl sites for hydroxylation is 1. The normalized spacial score (nSPS) is 13.0. The van der Waals surface area contributed by atoms with Crippen molar-refractivity contribution in [2.24, 2.45) is 11.1 Å². The van der Waals surface area contributed by atoms with E-state index in [1.54, 1.807) is 26.0 Å². The summed E-state index contributed by atoms with van der Waals surface area (Å²) in [6.07, 6.45) is 0.0907. The molecule has 0 unspecified atom stereocenters. The van der Waals surface area contributed by atoms with Gasteiger partial charge in [-0.1, -0.05) is 86.1 Å². The molecule has 182 valence electrons. The maximum atomic E-state index is 13.3. The number of hydrogen-bond donors (Lipinski definition) is 3. The Hall–Kier alpha value is -3.93. The first kappa shape index (κ1) is 25.7. The molecule has 0 saturated carbocycles. The molecule has 3 aromatic rings. The third-order valence-electron chi connectivity index (χ3n) is 6.61. The number of nitrogens with two attached hydrogens (primary N) is 1. The molecule has 6 nitrogen and oxygen atoms in total. The van der Waals surface area contributed by atoms with E-state index in [4.69, 9.17) is 5.73 Å². The summed E-state index contributed by atoms with van der Waals surface area (Å²) >= 11 is 0. The van der Waals surface area contributed by atoms with E-state index in [1.165, 1.54) is 0 Å². The number of aliphatic carboxylic acids is 1. The van der Waals surface area contributed by atoms with Gasteiger partial charge in [0, 0.05) is 17.4 Å². The molecular formula is C29H32N2O4. The fourth-order valence-corrected chi connectivity index (χ4v) is 4.41.